The predicted octanol–water partition coefficient (Wildman–Crippen LogP) is 4.13. The van der Waals surface area contributed by atoms with Gasteiger partial charge in [-0.1, -0.05) is 29.8 Å². The summed E-state index contributed by atoms with van der Waals surface area (Å²) in [4.78, 5) is 27.4. The van der Waals surface area contributed by atoms with Gasteiger partial charge in [0.15, 0.2) is 0 Å². The minimum absolute atomic E-state index is 0.125. The quantitative estimate of drug-likeness (QED) is 0.478. The largest absolute Gasteiger partial charge is 0.496 e. The van der Waals surface area contributed by atoms with Gasteiger partial charge in [0.25, 0.3) is 5.91 Å². The van der Waals surface area contributed by atoms with Crippen LogP contribution in [0.5, 0.6) is 11.5 Å². The van der Waals surface area contributed by atoms with Crippen molar-refractivity contribution in [2.24, 2.45) is 0 Å². The Morgan fingerprint density at radius 3 is 2.68 bits per heavy atom. The smallest absolute Gasteiger partial charge is 0.255 e. The summed E-state index contributed by atoms with van der Waals surface area (Å²) in [5, 5.41) is 3.49. The van der Waals surface area contributed by atoms with Crippen molar-refractivity contribution >= 4 is 35.2 Å². The van der Waals surface area contributed by atoms with E-state index in [0.29, 0.717) is 48.1 Å². The van der Waals surface area contributed by atoms with Crippen LogP contribution in [0.4, 0.5) is 0 Å². The zero-order valence-corrected chi connectivity index (χ0v) is 19.7. The molecule has 0 aliphatic heterocycles. The molecule has 0 saturated heterocycles. The zero-order chi connectivity index (χ0) is 22.6. The van der Waals surface area contributed by atoms with Crippen molar-refractivity contribution in [1.82, 2.24) is 10.2 Å². The lowest BCUT2D eigenvalue weighted by Gasteiger charge is -2.25. The number of carbonyl (C=O) groups excluding carboxylic acids is 2. The van der Waals surface area contributed by atoms with Crippen LogP contribution in [-0.4, -0.2) is 62.1 Å². The first-order chi connectivity index (χ1) is 15.0. The highest BCUT2D eigenvalue weighted by molar-refractivity contribution is 7.98. The number of amides is 2. The number of hydrogen-bond donors (Lipinski definition) is 1. The Hall–Kier alpha value is -2.38. The molecular weight excluding hydrogens is 436 g/mol. The van der Waals surface area contributed by atoms with Gasteiger partial charge < -0.3 is 19.7 Å². The Balaban J connectivity index is 1.92. The molecule has 31 heavy (non-hydrogen) atoms. The summed E-state index contributed by atoms with van der Waals surface area (Å²) < 4.78 is 10.9. The van der Waals surface area contributed by atoms with Crippen LogP contribution in [0.2, 0.25) is 5.02 Å². The van der Waals surface area contributed by atoms with Crippen molar-refractivity contribution < 1.29 is 19.1 Å². The van der Waals surface area contributed by atoms with Crippen LogP contribution >= 0.6 is 23.4 Å². The lowest BCUT2D eigenvalue weighted by Crippen LogP contribution is -2.48. The van der Waals surface area contributed by atoms with Crippen molar-refractivity contribution in [3.63, 3.8) is 0 Å². The molecule has 2 rings (SSSR count). The van der Waals surface area contributed by atoms with E-state index in [2.05, 4.69) is 5.32 Å². The SMILES string of the molecule is COc1ccccc1C(=O)NC(CCSC)C(=O)N(C)CCCOc1cccc(Cl)c1. The van der Waals surface area contributed by atoms with Gasteiger partial charge in [0.2, 0.25) is 5.91 Å². The van der Waals surface area contributed by atoms with E-state index < -0.39 is 6.04 Å². The third-order valence-corrected chi connectivity index (χ3v) is 5.52. The highest BCUT2D eigenvalue weighted by Gasteiger charge is 2.25. The molecule has 8 heteroatoms. The van der Waals surface area contributed by atoms with Gasteiger partial charge in [-0.25, -0.2) is 0 Å². The van der Waals surface area contributed by atoms with E-state index >= 15 is 0 Å². The van der Waals surface area contributed by atoms with Gasteiger partial charge in [0.1, 0.15) is 17.5 Å². The first-order valence-electron chi connectivity index (χ1n) is 10.0. The van der Waals surface area contributed by atoms with Crippen LogP contribution in [0.15, 0.2) is 48.5 Å². The minimum Gasteiger partial charge on any atom is -0.496 e. The molecule has 0 aliphatic rings. The van der Waals surface area contributed by atoms with Crippen molar-refractivity contribution in [3.05, 3.63) is 59.1 Å². The monoisotopic (exact) mass is 464 g/mol. The van der Waals surface area contributed by atoms with Crippen molar-refractivity contribution in [1.29, 1.82) is 0 Å². The number of likely N-dealkylation sites (N-methyl/N-ethyl adjacent to an activating group) is 1. The lowest BCUT2D eigenvalue weighted by molar-refractivity contribution is -0.132. The molecule has 0 radical (unpaired) electrons. The molecule has 0 heterocycles. The average molecular weight is 465 g/mol. The van der Waals surface area contributed by atoms with E-state index in [1.165, 1.54) is 7.11 Å². The topological polar surface area (TPSA) is 67.9 Å². The molecule has 1 N–H and O–H groups in total. The van der Waals surface area contributed by atoms with E-state index in [1.54, 1.807) is 60.1 Å². The number of nitrogens with one attached hydrogen (secondary N) is 1. The number of methoxy groups -OCH3 is 1. The molecule has 6 nitrogen and oxygen atoms in total. The number of benzene rings is 2. The van der Waals surface area contributed by atoms with Crippen LogP contribution < -0.4 is 14.8 Å². The second-order valence-corrected chi connectivity index (χ2v) is 8.35. The van der Waals surface area contributed by atoms with Crippen molar-refractivity contribution in [2.45, 2.75) is 18.9 Å². The van der Waals surface area contributed by atoms with Crippen LogP contribution in [0.3, 0.4) is 0 Å². The van der Waals surface area contributed by atoms with E-state index in [-0.39, 0.29) is 11.8 Å². The fraction of sp³-hybridized carbons (Fsp3) is 0.391. The van der Waals surface area contributed by atoms with Crippen molar-refractivity contribution in [2.75, 3.05) is 39.3 Å². The first-order valence-corrected chi connectivity index (χ1v) is 11.8. The molecule has 2 aromatic carbocycles. The summed E-state index contributed by atoms with van der Waals surface area (Å²) in [6, 6.07) is 13.6. The molecule has 2 aromatic rings. The summed E-state index contributed by atoms with van der Waals surface area (Å²) >= 11 is 7.59. The maximum atomic E-state index is 13.0. The summed E-state index contributed by atoms with van der Waals surface area (Å²) in [5.41, 5.74) is 0.407. The molecule has 1 atom stereocenters. The third-order valence-electron chi connectivity index (χ3n) is 4.64. The Kier molecular flexibility index (Phi) is 10.5. The molecule has 0 bridgehead atoms. The summed E-state index contributed by atoms with van der Waals surface area (Å²) in [6.45, 7) is 0.973. The molecule has 0 aliphatic carbocycles. The van der Waals surface area contributed by atoms with Gasteiger partial charge in [-0.2, -0.15) is 11.8 Å². The summed E-state index contributed by atoms with van der Waals surface area (Å²) in [6.07, 6.45) is 3.18. The van der Waals surface area contributed by atoms with E-state index in [9.17, 15) is 9.59 Å². The van der Waals surface area contributed by atoms with Crippen LogP contribution in [0, 0.1) is 0 Å². The maximum Gasteiger partial charge on any atom is 0.255 e. The molecule has 2 amide bonds. The number of hydrogen-bond acceptors (Lipinski definition) is 5. The Bertz CT molecular complexity index is 865. The minimum atomic E-state index is -0.608. The van der Waals surface area contributed by atoms with Crippen LogP contribution in [0.1, 0.15) is 23.2 Å². The van der Waals surface area contributed by atoms with Crippen molar-refractivity contribution in [3.8, 4) is 11.5 Å². The number of carbonyl (C=O) groups is 2. The van der Waals surface area contributed by atoms with Gasteiger partial charge >= 0.3 is 0 Å². The third kappa shape index (κ3) is 7.99. The number of para-hydroxylation sites is 1. The van der Waals surface area contributed by atoms with Gasteiger partial charge in [0.05, 0.1) is 19.3 Å². The second kappa shape index (κ2) is 13.1. The van der Waals surface area contributed by atoms with Gasteiger partial charge in [0, 0.05) is 18.6 Å². The molecule has 0 aromatic heterocycles. The van der Waals surface area contributed by atoms with Gasteiger partial charge in [-0.15, -0.1) is 0 Å². The predicted molar refractivity (Wildman–Crippen MR) is 126 cm³/mol. The number of halogens is 1. The molecule has 1 unspecified atom stereocenters. The number of ether oxygens (including phenoxy) is 2. The fourth-order valence-electron chi connectivity index (χ4n) is 2.99. The van der Waals surface area contributed by atoms with E-state index in [1.807, 2.05) is 18.4 Å². The average Bonchev–Trinajstić information content (AvgIpc) is 2.78. The molecule has 0 saturated carbocycles. The summed E-state index contributed by atoms with van der Waals surface area (Å²) in [7, 11) is 3.25. The highest BCUT2D eigenvalue weighted by Crippen LogP contribution is 2.18. The van der Waals surface area contributed by atoms with Crippen LogP contribution in [-0.2, 0) is 4.79 Å². The first kappa shape index (κ1) is 24.9. The highest BCUT2D eigenvalue weighted by atomic mass is 35.5. The fourth-order valence-corrected chi connectivity index (χ4v) is 3.64. The van der Waals surface area contributed by atoms with Gasteiger partial charge in [-0.05, 0) is 55.2 Å². The maximum absolute atomic E-state index is 13.0. The Morgan fingerprint density at radius 1 is 1.19 bits per heavy atom. The standard InChI is InChI=1S/C23H29ClN2O4S/c1-26(13-7-14-30-18-9-6-8-17(24)16-18)23(28)20(12-15-31-3)25-22(27)19-10-4-5-11-21(19)29-2/h4-6,8-11,16,20H,7,12-15H2,1-3H3,(H,25,27). The Labute approximate surface area is 193 Å². The normalized spacial score (nSPS) is 11.5. The van der Waals surface area contributed by atoms with E-state index in [0.717, 1.165) is 5.75 Å². The lowest BCUT2D eigenvalue weighted by atomic mass is 10.1. The number of thioether (sulfide) groups is 1. The van der Waals surface area contributed by atoms with E-state index in [4.69, 9.17) is 21.1 Å². The second-order valence-electron chi connectivity index (χ2n) is 6.93. The number of nitrogens with zero attached hydrogens (tertiary/aromatic N) is 1. The van der Waals surface area contributed by atoms with Gasteiger partial charge in [-0.3, -0.25) is 9.59 Å². The summed E-state index contributed by atoms with van der Waals surface area (Å²) in [5.74, 6) is 1.48. The molecular formula is C23H29ClN2O4S. The zero-order valence-electron chi connectivity index (χ0n) is 18.1. The molecule has 0 spiro atoms. The molecule has 168 valence electrons. The molecule has 0 fully saturated rings. The Morgan fingerprint density at radius 2 is 1.97 bits per heavy atom. The van der Waals surface area contributed by atoms with Crippen LogP contribution in [0.25, 0.3) is 0 Å². The number of rotatable bonds is 12.